The van der Waals surface area contributed by atoms with Crippen molar-refractivity contribution in [2.75, 3.05) is 0 Å². The van der Waals surface area contributed by atoms with E-state index < -0.39 is 6.68 Å². The molecule has 5 heavy (non-hydrogen) atoms. The molecule has 0 amide bonds. The molecule has 0 aliphatic rings. The molecular weight excluding hydrogens is 264 g/mol. The van der Waals surface area contributed by atoms with Crippen LogP contribution in [0.4, 0.5) is 13.2 Å². The Labute approximate surface area is 41.6 Å². The molecule has 0 heterocycles. The molecule has 0 aromatic heterocycles. The number of hydrogen-bond donors (Lipinski definition) is 0. The molecule has 4 heteroatoms. The van der Waals surface area contributed by atoms with Crippen LogP contribution in [0.1, 0.15) is 0 Å². The van der Waals surface area contributed by atoms with Crippen molar-refractivity contribution in [3.05, 3.63) is 6.68 Å². The minimum absolute atomic E-state index is 0. The maximum Gasteiger partial charge on any atom is 0.154 e. The van der Waals surface area contributed by atoms with Crippen LogP contribution in [-0.2, 0) is 21.1 Å². The van der Waals surface area contributed by atoms with E-state index in [1.165, 1.54) is 0 Å². The first-order valence-corrected chi connectivity index (χ1v) is 0.567. The van der Waals surface area contributed by atoms with Gasteiger partial charge in [-0.15, -0.1) is 0 Å². The molecule has 0 saturated carbocycles. The summed E-state index contributed by atoms with van der Waals surface area (Å²) in [7, 11) is 0. The van der Waals surface area contributed by atoms with Gasteiger partial charge < -0.3 is 13.2 Å². The first-order valence-electron chi connectivity index (χ1n) is 0.567. The zero-order valence-corrected chi connectivity index (χ0v) is 4.22. The number of rotatable bonds is 0. The van der Waals surface area contributed by atoms with Crippen molar-refractivity contribution in [3.63, 3.8) is 0 Å². The second kappa shape index (κ2) is 4.48. The van der Waals surface area contributed by atoms with Gasteiger partial charge in [0.05, 0.1) is 0 Å². The van der Waals surface area contributed by atoms with Crippen LogP contribution in [0.25, 0.3) is 0 Å². The minimum Gasteiger partial charge on any atom is -0.385 e. The monoisotopic (exact) mass is 264 g/mol. The fourth-order valence-corrected chi connectivity index (χ4v) is 0. The minimum atomic E-state index is -3.08. The summed E-state index contributed by atoms with van der Waals surface area (Å²) < 4.78 is 28.8. The smallest absolute Gasteiger partial charge is 0.154 e. The Morgan fingerprint density at radius 3 is 1.00 bits per heavy atom. The Balaban J connectivity index is 0. The fraction of sp³-hybridized carbons (Fsp3) is 0. The molecule has 0 N–H and O–H groups in total. The van der Waals surface area contributed by atoms with E-state index in [-0.39, 0.29) is 21.1 Å². The molecule has 0 nitrogen and oxygen atoms in total. The summed E-state index contributed by atoms with van der Waals surface area (Å²) in [5.74, 6) is 0. The summed E-state index contributed by atoms with van der Waals surface area (Å²) >= 11 is 0. The van der Waals surface area contributed by atoms with Gasteiger partial charge in [-0.05, 0) is 0 Å². The zero-order valence-electron chi connectivity index (χ0n) is 1.95. The molecule has 0 aromatic carbocycles. The topological polar surface area (TPSA) is 0 Å². The van der Waals surface area contributed by atoms with Crippen molar-refractivity contribution in [1.29, 1.82) is 0 Å². The second-order valence-corrected chi connectivity index (χ2v) is 0.214. The van der Waals surface area contributed by atoms with Gasteiger partial charge in [-0.2, -0.15) is 0 Å². The zero-order chi connectivity index (χ0) is 3.58. The predicted octanol–water partition coefficient (Wildman–Crippen LogP) is 1.34. The molecule has 0 rings (SSSR count). The average Bonchev–Trinajstić information content (AvgIpc) is 0.811. The van der Waals surface area contributed by atoms with Crippen molar-refractivity contribution >= 4 is 0 Å². The largest absolute Gasteiger partial charge is 0.385 e. The van der Waals surface area contributed by atoms with E-state index in [0.717, 1.165) is 0 Å². The molecular formula is CF3Pt-. The van der Waals surface area contributed by atoms with E-state index in [2.05, 4.69) is 0 Å². The van der Waals surface area contributed by atoms with E-state index in [4.69, 9.17) is 0 Å². The van der Waals surface area contributed by atoms with Crippen LogP contribution < -0.4 is 0 Å². The van der Waals surface area contributed by atoms with Crippen LogP contribution in [0.3, 0.4) is 0 Å². The number of halogens is 3. The van der Waals surface area contributed by atoms with Gasteiger partial charge in [0.25, 0.3) is 0 Å². The molecule has 36 valence electrons. The van der Waals surface area contributed by atoms with Crippen LogP contribution in [-0.4, -0.2) is 0 Å². The van der Waals surface area contributed by atoms with Gasteiger partial charge in [-0.1, -0.05) is 0 Å². The van der Waals surface area contributed by atoms with Crippen molar-refractivity contribution in [2.24, 2.45) is 0 Å². The molecule has 0 saturated heterocycles. The van der Waals surface area contributed by atoms with Crippen molar-refractivity contribution in [2.45, 2.75) is 0 Å². The predicted molar refractivity (Wildman–Crippen MR) is 6.57 cm³/mol. The first kappa shape index (κ1) is 9.08. The van der Waals surface area contributed by atoms with Gasteiger partial charge in [0, 0.05) is 21.1 Å². The Morgan fingerprint density at radius 2 is 1.00 bits per heavy atom. The summed E-state index contributed by atoms with van der Waals surface area (Å²) in [6.45, 7) is -3.08. The van der Waals surface area contributed by atoms with Gasteiger partial charge in [-0.25, -0.2) is 0 Å². The van der Waals surface area contributed by atoms with Crippen molar-refractivity contribution < 1.29 is 34.2 Å². The van der Waals surface area contributed by atoms with Crippen LogP contribution in [0.2, 0.25) is 0 Å². The van der Waals surface area contributed by atoms with Gasteiger partial charge in [0.1, 0.15) is 0 Å². The SMILES string of the molecule is F[C-](F)F.[Pt]. The molecule has 0 atom stereocenters. The van der Waals surface area contributed by atoms with Crippen molar-refractivity contribution in [3.8, 4) is 0 Å². The maximum absolute atomic E-state index is 9.58. The van der Waals surface area contributed by atoms with E-state index >= 15 is 0 Å². The third kappa shape index (κ3) is 120. The average molecular weight is 264 g/mol. The third-order valence-corrected chi connectivity index (χ3v) is 0. The Hall–Kier alpha value is 0.478. The molecule has 0 radical (unpaired) electrons. The van der Waals surface area contributed by atoms with Crippen molar-refractivity contribution in [1.82, 2.24) is 0 Å². The molecule has 0 fully saturated rings. The van der Waals surface area contributed by atoms with Crippen LogP contribution in [0.15, 0.2) is 0 Å². The van der Waals surface area contributed by atoms with E-state index in [0.29, 0.717) is 0 Å². The number of hydrogen-bond acceptors (Lipinski definition) is 0. The summed E-state index contributed by atoms with van der Waals surface area (Å²) in [5.41, 5.74) is 0. The van der Waals surface area contributed by atoms with Gasteiger partial charge in [0.2, 0.25) is 0 Å². The molecule has 0 aliphatic heterocycles. The van der Waals surface area contributed by atoms with Crippen LogP contribution >= 0.6 is 0 Å². The Bertz CT molecular complexity index is 11.6. The van der Waals surface area contributed by atoms with Crippen LogP contribution in [0.5, 0.6) is 0 Å². The summed E-state index contributed by atoms with van der Waals surface area (Å²) in [6, 6.07) is 0. The first-order chi connectivity index (χ1) is 1.73. The molecule has 0 bridgehead atoms. The van der Waals surface area contributed by atoms with E-state index in [9.17, 15) is 13.2 Å². The fourth-order valence-electron chi connectivity index (χ4n) is 0. The van der Waals surface area contributed by atoms with Gasteiger partial charge >= 0.3 is 0 Å². The molecule has 0 unspecified atom stereocenters. The summed E-state index contributed by atoms with van der Waals surface area (Å²) in [6.07, 6.45) is 0. The third-order valence-electron chi connectivity index (χ3n) is 0. The van der Waals surface area contributed by atoms with Gasteiger partial charge in [0.15, 0.2) is 6.68 Å². The quantitative estimate of drug-likeness (QED) is 0.579. The van der Waals surface area contributed by atoms with E-state index in [1.54, 1.807) is 0 Å². The van der Waals surface area contributed by atoms with Gasteiger partial charge in [-0.3, -0.25) is 0 Å². The standard InChI is InChI=1S/CF3.Pt/c2-1(3)4;/q-1;. The Kier molecular flexibility index (Phi) is 8.13. The second-order valence-electron chi connectivity index (χ2n) is 0.214. The summed E-state index contributed by atoms with van der Waals surface area (Å²) in [4.78, 5) is 0. The molecule has 0 spiro atoms. The molecule has 0 aromatic rings. The molecule has 0 aliphatic carbocycles. The van der Waals surface area contributed by atoms with E-state index in [1.807, 2.05) is 0 Å². The maximum atomic E-state index is 9.58. The Morgan fingerprint density at radius 1 is 1.00 bits per heavy atom. The van der Waals surface area contributed by atoms with Crippen LogP contribution in [0, 0.1) is 6.68 Å². The summed E-state index contributed by atoms with van der Waals surface area (Å²) in [5, 5.41) is 0. The normalized spacial score (nSPS) is 7.20.